The van der Waals surface area contributed by atoms with Gasteiger partial charge in [-0.3, -0.25) is 9.48 Å². The number of rotatable bonds is 3. The molecule has 4 aromatic heterocycles. The maximum Gasteiger partial charge on any atom is 0.228 e. The van der Waals surface area contributed by atoms with E-state index in [0.29, 0.717) is 23.2 Å². The van der Waals surface area contributed by atoms with Crippen LogP contribution in [0.5, 0.6) is 0 Å². The molecule has 0 spiro atoms. The van der Waals surface area contributed by atoms with Crippen molar-refractivity contribution in [2.75, 3.05) is 17.7 Å². The zero-order chi connectivity index (χ0) is 21.5. The van der Waals surface area contributed by atoms with Gasteiger partial charge in [0.05, 0.1) is 23.5 Å². The van der Waals surface area contributed by atoms with Crippen molar-refractivity contribution in [3.8, 4) is 11.8 Å². The first-order chi connectivity index (χ1) is 15.0. The van der Waals surface area contributed by atoms with Gasteiger partial charge >= 0.3 is 0 Å². The van der Waals surface area contributed by atoms with Gasteiger partial charge in [0, 0.05) is 48.6 Å². The van der Waals surface area contributed by atoms with Crippen LogP contribution in [0.3, 0.4) is 0 Å². The van der Waals surface area contributed by atoms with Gasteiger partial charge < -0.3 is 10.6 Å². The predicted octanol–water partition coefficient (Wildman–Crippen LogP) is 2.95. The van der Waals surface area contributed by atoms with E-state index in [-0.39, 0.29) is 11.8 Å². The molecule has 2 atom stereocenters. The van der Waals surface area contributed by atoms with E-state index in [1.807, 2.05) is 26.2 Å². The number of hydrogen-bond donors (Lipinski definition) is 2. The molecule has 4 heterocycles. The van der Waals surface area contributed by atoms with Gasteiger partial charge in [0.2, 0.25) is 5.91 Å². The van der Waals surface area contributed by atoms with Crippen LogP contribution in [0.15, 0.2) is 36.9 Å². The molecule has 8 nitrogen and oxygen atoms in total. The van der Waals surface area contributed by atoms with Gasteiger partial charge in [0.1, 0.15) is 17.3 Å². The fourth-order valence-electron chi connectivity index (χ4n) is 3.66. The van der Waals surface area contributed by atoms with Crippen molar-refractivity contribution in [1.29, 1.82) is 0 Å². The van der Waals surface area contributed by atoms with E-state index in [2.05, 4.69) is 49.4 Å². The summed E-state index contributed by atoms with van der Waals surface area (Å²) >= 11 is 0. The number of amides is 1. The van der Waals surface area contributed by atoms with Gasteiger partial charge in [-0.15, -0.1) is 0 Å². The number of aryl methyl sites for hydroxylation is 1. The average molecular weight is 411 g/mol. The highest BCUT2D eigenvalue weighted by Crippen LogP contribution is 2.38. The normalized spacial score (nSPS) is 17.3. The summed E-state index contributed by atoms with van der Waals surface area (Å²) in [5.41, 5.74) is 2.34. The lowest BCUT2D eigenvalue weighted by Gasteiger charge is -2.09. The lowest BCUT2D eigenvalue weighted by atomic mass is 10.1. The number of hydrogen-bond acceptors (Lipinski definition) is 6. The second-order valence-electron chi connectivity index (χ2n) is 7.84. The number of carbonyl (C=O) groups is 1. The highest BCUT2D eigenvalue weighted by molar-refractivity contribution is 5.99. The summed E-state index contributed by atoms with van der Waals surface area (Å²) in [5.74, 6) is 8.05. The summed E-state index contributed by atoms with van der Waals surface area (Å²) < 4.78 is 1.78. The standard InChI is InChI=1S/C23H21N7O/c1-13-6-17(13)23(31)29-21-8-18-14(9-27-22(24-2)19(18)11-26-21)4-5-16-7-15-10-28-30(3)20(15)12-25-16/h7-13,17H,6H2,1-3H3,(H,24,27)(H,26,29,31)/t13-,17+/m1/s1. The van der Waals surface area contributed by atoms with E-state index in [1.54, 1.807) is 29.5 Å². The summed E-state index contributed by atoms with van der Waals surface area (Å²) in [5, 5.41) is 12.9. The molecule has 1 aliphatic rings. The monoisotopic (exact) mass is 411 g/mol. The highest BCUT2D eigenvalue weighted by Gasteiger charge is 2.39. The third kappa shape index (κ3) is 3.55. The molecule has 0 radical (unpaired) electrons. The lowest BCUT2D eigenvalue weighted by Crippen LogP contribution is -2.15. The van der Waals surface area contributed by atoms with Crippen LogP contribution in [0.1, 0.15) is 24.6 Å². The van der Waals surface area contributed by atoms with E-state index >= 15 is 0 Å². The Morgan fingerprint density at radius 3 is 2.71 bits per heavy atom. The Labute approximate surface area is 179 Å². The molecule has 8 heteroatoms. The fraction of sp³-hybridized carbons (Fsp3) is 0.261. The molecule has 4 aromatic rings. The zero-order valence-electron chi connectivity index (χ0n) is 17.5. The number of nitrogens with one attached hydrogen (secondary N) is 2. The molecule has 1 fully saturated rings. The van der Waals surface area contributed by atoms with E-state index in [9.17, 15) is 4.79 Å². The fourth-order valence-corrected chi connectivity index (χ4v) is 3.66. The van der Waals surface area contributed by atoms with Gasteiger partial charge in [0.15, 0.2) is 0 Å². The van der Waals surface area contributed by atoms with Gasteiger partial charge in [-0.05, 0) is 30.4 Å². The Morgan fingerprint density at radius 1 is 1.10 bits per heavy atom. The number of anilines is 2. The first kappa shape index (κ1) is 19.0. The van der Waals surface area contributed by atoms with Gasteiger partial charge in [-0.1, -0.05) is 12.8 Å². The molecule has 0 unspecified atom stereocenters. The number of aromatic nitrogens is 5. The van der Waals surface area contributed by atoms with Gasteiger partial charge in [0.25, 0.3) is 0 Å². The van der Waals surface area contributed by atoms with E-state index in [1.165, 1.54) is 0 Å². The molecule has 0 aliphatic heterocycles. The van der Waals surface area contributed by atoms with E-state index in [0.717, 1.165) is 33.7 Å². The molecular weight excluding hydrogens is 390 g/mol. The van der Waals surface area contributed by atoms with Crippen LogP contribution in [0.25, 0.3) is 21.7 Å². The summed E-state index contributed by atoms with van der Waals surface area (Å²) in [7, 11) is 3.69. The molecule has 1 amide bonds. The smallest absolute Gasteiger partial charge is 0.228 e. The molecule has 0 saturated heterocycles. The number of carbonyl (C=O) groups excluding carboxylic acids is 1. The largest absolute Gasteiger partial charge is 0.373 e. The molecule has 154 valence electrons. The molecule has 1 saturated carbocycles. The second-order valence-corrected chi connectivity index (χ2v) is 7.84. The van der Waals surface area contributed by atoms with Crippen molar-refractivity contribution < 1.29 is 4.79 Å². The van der Waals surface area contributed by atoms with Crippen molar-refractivity contribution in [3.05, 3.63) is 48.2 Å². The van der Waals surface area contributed by atoms with Gasteiger partial charge in [-0.2, -0.15) is 5.10 Å². The minimum absolute atomic E-state index is 0.0175. The van der Waals surface area contributed by atoms with Gasteiger partial charge in [-0.25, -0.2) is 15.0 Å². The third-order valence-corrected chi connectivity index (χ3v) is 5.66. The molecule has 31 heavy (non-hydrogen) atoms. The Morgan fingerprint density at radius 2 is 1.94 bits per heavy atom. The van der Waals surface area contributed by atoms with Crippen LogP contribution >= 0.6 is 0 Å². The topological polar surface area (TPSA) is 97.6 Å². The van der Waals surface area contributed by atoms with Crippen LogP contribution < -0.4 is 10.6 Å². The minimum Gasteiger partial charge on any atom is -0.373 e. The van der Waals surface area contributed by atoms with E-state index < -0.39 is 0 Å². The first-order valence-electron chi connectivity index (χ1n) is 10.1. The van der Waals surface area contributed by atoms with Crippen LogP contribution in [0, 0.1) is 23.7 Å². The highest BCUT2D eigenvalue weighted by atomic mass is 16.2. The third-order valence-electron chi connectivity index (χ3n) is 5.66. The van der Waals surface area contributed by atoms with Crippen molar-refractivity contribution in [1.82, 2.24) is 24.7 Å². The van der Waals surface area contributed by atoms with Crippen LogP contribution in [-0.4, -0.2) is 37.7 Å². The maximum absolute atomic E-state index is 12.3. The van der Waals surface area contributed by atoms with Crippen molar-refractivity contribution >= 4 is 39.2 Å². The molecule has 2 N–H and O–H groups in total. The second kappa shape index (κ2) is 7.36. The maximum atomic E-state index is 12.3. The summed E-state index contributed by atoms with van der Waals surface area (Å²) in [6.45, 7) is 2.08. The summed E-state index contributed by atoms with van der Waals surface area (Å²) in [4.78, 5) is 25.6. The number of pyridine rings is 3. The Hall–Kier alpha value is -3.99. The molecule has 0 aromatic carbocycles. The Bertz CT molecular complexity index is 1400. The van der Waals surface area contributed by atoms with E-state index in [4.69, 9.17) is 0 Å². The van der Waals surface area contributed by atoms with Crippen LogP contribution in [0.4, 0.5) is 11.6 Å². The first-order valence-corrected chi connectivity index (χ1v) is 10.1. The van der Waals surface area contributed by atoms with Crippen molar-refractivity contribution in [3.63, 3.8) is 0 Å². The van der Waals surface area contributed by atoms with Crippen molar-refractivity contribution in [2.45, 2.75) is 13.3 Å². The Balaban J connectivity index is 1.53. The zero-order valence-corrected chi connectivity index (χ0v) is 17.5. The predicted molar refractivity (Wildman–Crippen MR) is 119 cm³/mol. The molecular formula is C23H21N7O. The van der Waals surface area contributed by atoms with Crippen molar-refractivity contribution in [2.24, 2.45) is 18.9 Å². The molecule has 1 aliphatic carbocycles. The summed E-state index contributed by atoms with van der Waals surface area (Å²) in [6.07, 6.45) is 7.92. The molecule has 5 rings (SSSR count). The Kier molecular flexibility index (Phi) is 4.51. The van der Waals surface area contributed by atoms with Crippen LogP contribution in [0.2, 0.25) is 0 Å². The number of nitrogens with zero attached hydrogens (tertiary/aromatic N) is 5. The van der Waals surface area contributed by atoms with Crippen LogP contribution in [-0.2, 0) is 11.8 Å². The summed E-state index contributed by atoms with van der Waals surface area (Å²) in [6, 6.07) is 3.77. The number of fused-ring (bicyclic) bond motifs is 2. The average Bonchev–Trinajstić information content (AvgIpc) is 3.41. The lowest BCUT2D eigenvalue weighted by molar-refractivity contribution is -0.117. The SMILES string of the molecule is CNc1ncc(C#Cc2cc3cnn(C)c3cn2)c2cc(NC(=O)[C@H]3C[C@H]3C)ncc12. The molecule has 0 bridgehead atoms. The quantitative estimate of drug-likeness (QED) is 0.503. The minimum atomic E-state index is 0.0175.